The molecule has 1 saturated heterocycles. The van der Waals surface area contributed by atoms with E-state index in [0.717, 1.165) is 35.1 Å². The zero-order chi connectivity index (χ0) is 20.9. The number of imide groups is 1. The number of urea groups is 1. The van der Waals surface area contributed by atoms with E-state index in [-0.39, 0.29) is 11.9 Å². The fourth-order valence-corrected chi connectivity index (χ4v) is 4.21. The third-order valence-electron chi connectivity index (χ3n) is 5.95. The minimum atomic E-state index is -0.505. The van der Waals surface area contributed by atoms with Crippen molar-refractivity contribution in [3.63, 3.8) is 0 Å². The second-order valence-electron chi connectivity index (χ2n) is 7.65. The number of ether oxygens (including phenoxy) is 1. The van der Waals surface area contributed by atoms with Crippen LogP contribution in [0.15, 0.2) is 40.7 Å². The summed E-state index contributed by atoms with van der Waals surface area (Å²) < 4.78 is 5.24. The molecule has 3 aliphatic rings. The molecule has 1 fully saturated rings. The smallest absolute Gasteiger partial charge is 0.328 e. The summed E-state index contributed by atoms with van der Waals surface area (Å²) in [7, 11) is 3.37. The molecule has 3 amide bonds. The van der Waals surface area contributed by atoms with Crippen molar-refractivity contribution in [3.8, 4) is 5.75 Å². The number of fused-ring (bicyclic) bond motifs is 3. The molecule has 2 atom stereocenters. The number of methoxy groups -OCH3 is 1. The normalized spacial score (nSPS) is 23.7. The number of allylic oxidation sites excluding steroid dienone is 2. The lowest BCUT2D eigenvalue weighted by molar-refractivity contribution is -0.136. The first kappa shape index (κ1) is 19.3. The van der Waals surface area contributed by atoms with Crippen LogP contribution in [0, 0.1) is 0 Å². The monoisotopic (exact) mass is 397 g/mol. The van der Waals surface area contributed by atoms with Crippen molar-refractivity contribution in [2.45, 2.75) is 45.9 Å². The van der Waals surface area contributed by atoms with Crippen LogP contribution in [-0.2, 0) is 11.3 Å². The predicted octanol–water partition coefficient (Wildman–Crippen LogP) is 2.43. The molecule has 2 unspecified atom stereocenters. The number of amides is 3. The Bertz CT molecular complexity index is 907. The molecular weight excluding hydrogens is 370 g/mol. The van der Waals surface area contributed by atoms with Gasteiger partial charge >= 0.3 is 6.03 Å². The topological polar surface area (TPSA) is 68.7 Å². The molecule has 0 radical (unpaired) electrons. The highest BCUT2D eigenvalue weighted by atomic mass is 16.5. The summed E-state index contributed by atoms with van der Waals surface area (Å²) >= 11 is 0. The number of carbonyl (C=O) groups excluding carboxylic acids is 2. The third kappa shape index (κ3) is 2.85. The number of nitrogens with zero attached hydrogens (tertiary/aromatic N) is 5. The highest BCUT2D eigenvalue weighted by molar-refractivity contribution is 6.05. The zero-order valence-electron chi connectivity index (χ0n) is 17.5. The Balaban J connectivity index is 1.66. The highest BCUT2D eigenvalue weighted by Crippen LogP contribution is 2.38. The van der Waals surface area contributed by atoms with Crippen molar-refractivity contribution in [2.24, 2.45) is 4.99 Å². The molecule has 0 aliphatic carbocycles. The van der Waals surface area contributed by atoms with Crippen LogP contribution in [0.5, 0.6) is 5.75 Å². The Kier molecular flexibility index (Phi) is 4.72. The van der Waals surface area contributed by atoms with Crippen LogP contribution in [0.1, 0.15) is 32.8 Å². The number of rotatable bonds is 5. The Morgan fingerprint density at radius 2 is 1.76 bits per heavy atom. The number of likely N-dealkylation sites (N-methyl/N-ethyl adjacent to an activating group) is 1. The van der Waals surface area contributed by atoms with Crippen LogP contribution in [0.2, 0.25) is 0 Å². The quantitative estimate of drug-likeness (QED) is 0.763. The molecule has 0 bridgehead atoms. The molecule has 8 nitrogen and oxygen atoms in total. The van der Waals surface area contributed by atoms with Crippen molar-refractivity contribution in [1.82, 2.24) is 19.6 Å². The Morgan fingerprint density at radius 3 is 2.38 bits per heavy atom. The van der Waals surface area contributed by atoms with Gasteiger partial charge in [-0.3, -0.25) is 14.6 Å². The minimum Gasteiger partial charge on any atom is -0.497 e. The Labute approximate surface area is 171 Å². The van der Waals surface area contributed by atoms with Crippen LogP contribution < -0.4 is 4.74 Å². The second kappa shape index (κ2) is 7.09. The minimum absolute atomic E-state index is 0.169. The molecule has 3 aliphatic heterocycles. The standard InChI is InChI=1S/C21H27N5O3/c1-6-11-24-19(27)17-18(23(4)21(24)28)22-20-25(13(2)14(3)26(17)20)12-15-7-9-16(29-5)10-8-15/h7-10,17-18H,6,11-12H2,1-5H3. The molecule has 0 spiro atoms. The van der Waals surface area contributed by atoms with E-state index in [1.165, 1.54) is 4.90 Å². The summed E-state index contributed by atoms with van der Waals surface area (Å²) in [5.74, 6) is 1.38. The molecule has 1 aromatic rings. The maximum atomic E-state index is 13.2. The summed E-state index contributed by atoms with van der Waals surface area (Å²) in [6, 6.07) is 7.14. The third-order valence-corrected chi connectivity index (χ3v) is 5.95. The highest BCUT2D eigenvalue weighted by Gasteiger charge is 2.55. The van der Waals surface area contributed by atoms with Crippen LogP contribution in [0.25, 0.3) is 0 Å². The maximum absolute atomic E-state index is 13.2. The van der Waals surface area contributed by atoms with Gasteiger partial charge in [0.1, 0.15) is 5.75 Å². The van der Waals surface area contributed by atoms with E-state index in [2.05, 4.69) is 4.90 Å². The van der Waals surface area contributed by atoms with Gasteiger partial charge in [0.2, 0.25) is 5.96 Å². The van der Waals surface area contributed by atoms with Crippen molar-refractivity contribution in [2.75, 3.05) is 20.7 Å². The lowest BCUT2D eigenvalue weighted by Crippen LogP contribution is -2.64. The molecule has 0 aromatic heterocycles. The van der Waals surface area contributed by atoms with Gasteiger partial charge in [0, 0.05) is 25.0 Å². The summed E-state index contributed by atoms with van der Waals surface area (Å²) in [6.45, 7) is 7.07. The second-order valence-corrected chi connectivity index (χ2v) is 7.65. The summed E-state index contributed by atoms with van der Waals surface area (Å²) in [5, 5.41) is 0. The first-order valence-corrected chi connectivity index (χ1v) is 9.92. The lowest BCUT2D eigenvalue weighted by atomic mass is 10.1. The molecule has 4 rings (SSSR count). The first-order chi connectivity index (χ1) is 13.9. The van der Waals surface area contributed by atoms with E-state index in [1.54, 1.807) is 19.1 Å². The summed E-state index contributed by atoms with van der Waals surface area (Å²) in [4.78, 5) is 37.7. The van der Waals surface area contributed by atoms with E-state index in [1.807, 2.05) is 49.9 Å². The largest absolute Gasteiger partial charge is 0.497 e. The number of benzene rings is 1. The predicted molar refractivity (Wildman–Crippen MR) is 109 cm³/mol. The van der Waals surface area contributed by atoms with Crippen LogP contribution in [0.3, 0.4) is 0 Å². The summed E-state index contributed by atoms with van der Waals surface area (Å²) in [5.41, 5.74) is 3.17. The molecule has 1 aromatic carbocycles. The lowest BCUT2D eigenvalue weighted by Gasteiger charge is -2.40. The Hall–Kier alpha value is -3.03. The number of carbonyl (C=O) groups is 2. The van der Waals surface area contributed by atoms with Gasteiger partial charge in [0.05, 0.1) is 13.7 Å². The van der Waals surface area contributed by atoms with E-state index in [4.69, 9.17) is 9.73 Å². The molecule has 8 heteroatoms. The molecule has 29 heavy (non-hydrogen) atoms. The van der Waals surface area contributed by atoms with E-state index >= 15 is 0 Å². The fourth-order valence-electron chi connectivity index (χ4n) is 4.21. The van der Waals surface area contributed by atoms with Crippen molar-refractivity contribution in [3.05, 3.63) is 41.2 Å². The van der Waals surface area contributed by atoms with Gasteiger partial charge in [-0.15, -0.1) is 0 Å². The van der Waals surface area contributed by atoms with Crippen molar-refractivity contribution >= 4 is 17.9 Å². The van der Waals surface area contributed by atoms with Gasteiger partial charge in [0.15, 0.2) is 12.2 Å². The van der Waals surface area contributed by atoms with Gasteiger partial charge in [-0.2, -0.15) is 0 Å². The SMILES string of the molecule is CCCN1C(=O)C2C(N=C3N(Cc4ccc(OC)cc4)C(C)=C(C)N32)N(C)C1=O. The molecule has 0 saturated carbocycles. The van der Waals surface area contributed by atoms with Crippen molar-refractivity contribution in [1.29, 1.82) is 0 Å². The zero-order valence-corrected chi connectivity index (χ0v) is 17.5. The van der Waals surface area contributed by atoms with Crippen LogP contribution in [0.4, 0.5) is 4.79 Å². The van der Waals surface area contributed by atoms with Gasteiger partial charge < -0.3 is 14.5 Å². The van der Waals surface area contributed by atoms with Gasteiger partial charge in [-0.1, -0.05) is 19.1 Å². The Morgan fingerprint density at radius 1 is 1.07 bits per heavy atom. The molecule has 0 N–H and O–H groups in total. The molecule has 3 heterocycles. The maximum Gasteiger partial charge on any atom is 0.328 e. The van der Waals surface area contributed by atoms with Gasteiger partial charge in [-0.05, 0) is 38.0 Å². The summed E-state index contributed by atoms with van der Waals surface area (Å²) in [6.07, 6.45) is 0.230. The van der Waals surface area contributed by atoms with Crippen molar-refractivity contribution < 1.29 is 14.3 Å². The van der Waals surface area contributed by atoms with Crippen LogP contribution >= 0.6 is 0 Å². The number of hydrogen-bond donors (Lipinski definition) is 0. The number of hydrogen-bond acceptors (Lipinski definition) is 6. The van der Waals surface area contributed by atoms with Gasteiger partial charge in [-0.25, -0.2) is 9.79 Å². The number of guanidine groups is 1. The average molecular weight is 397 g/mol. The van der Waals surface area contributed by atoms with E-state index in [0.29, 0.717) is 13.1 Å². The van der Waals surface area contributed by atoms with E-state index in [9.17, 15) is 9.59 Å². The molecular formula is C21H27N5O3. The molecule has 154 valence electrons. The number of aliphatic imine (C=N–C) groups is 1. The van der Waals surface area contributed by atoms with E-state index < -0.39 is 12.2 Å². The average Bonchev–Trinajstić information content (AvgIpc) is 3.22. The fraction of sp³-hybridized carbons (Fsp3) is 0.476. The van der Waals surface area contributed by atoms with Crippen LogP contribution in [-0.4, -0.2) is 70.4 Å². The first-order valence-electron chi connectivity index (χ1n) is 9.92. The van der Waals surface area contributed by atoms with Gasteiger partial charge in [0.25, 0.3) is 5.91 Å².